The Morgan fingerprint density at radius 2 is 2.33 bits per heavy atom. The predicted octanol–water partition coefficient (Wildman–Crippen LogP) is -0.901. The number of ether oxygens (including phenoxy) is 1. The number of nitrogens with one attached hydrogen (secondary N) is 2. The maximum Gasteiger partial charge on any atom is 0.329 e. The van der Waals surface area contributed by atoms with E-state index in [4.69, 9.17) is 10.2 Å². The van der Waals surface area contributed by atoms with Gasteiger partial charge in [0.05, 0.1) is 13.4 Å². The maximum absolute atomic E-state index is 11.7. The van der Waals surface area contributed by atoms with Crippen LogP contribution >= 0.6 is 0 Å². The Morgan fingerprint density at radius 1 is 1.56 bits per heavy atom. The highest BCUT2D eigenvalue weighted by molar-refractivity contribution is 5.94. The number of hydrogen-bond donors (Lipinski definition) is 3. The quantitative estimate of drug-likeness (QED) is 0.430. The summed E-state index contributed by atoms with van der Waals surface area (Å²) < 4.78 is 9.54. The molecule has 1 aromatic rings. The average Bonchev–Trinajstić information content (AvgIpc) is 2.90. The second kappa shape index (κ2) is 7.46. The number of furan rings is 1. The predicted molar refractivity (Wildman–Crippen MR) is 63.9 cm³/mol. The van der Waals surface area contributed by atoms with E-state index in [9.17, 15) is 9.59 Å². The molecule has 0 spiro atoms. The molecule has 7 nitrogen and oxygen atoms in total. The first-order chi connectivity index (χ1) is 8.69. The van der Waals surface area contributed by atoms with Gasteiger partial charge in [0, 0.05) is 19.6 Å². The molecule has 7 heteroatoms. The van der Waals surface area contributed by atoms with Crippen LogP contribution in [0.1, 0.15) is 10.6 Å². The van der Waals surface area contributed by atoms with Gasteiger partial charge in [0.15, 0.2) is 5.76 Å². The average molecular weight is 255 g/mol. The summed E-state index contributed by atoms with van der Waals surface area (Å²) in [6, 6.07) is 2.32. The molecule has 0 fully saturated rings. The van der Waals surface area contributed by atoms with E-state index >= 15 is 0 Å². The Labute approximate surface area is 105 Å². The van der Waals surface area contributed by atoms with Crippen LogP contribution in [0.5, 0.6) is 0 Å². The zero-order valence-corrected chi connectivity index (χ0v) is 10.1. The van der Waals surface area contributed by atoms with Gasteiger partial charge in [-0.2, -0.15) is 0 Å². The van der Waals surface area contributed by atoms with Gasteiger partial charge in [-0.05, 0) is 12.1 Å². The fourth-order valence-corrected chi connectivity index (χ4v) is 1.32. The second-order valence-electron chi connectivity index (χ2n) is 3.52. The van der Waals surface area contributed by atoms with Crippen LogP contribution < -0.4 is 16.4 Å². The lowest BCUT2D eigenvalue weighted by atomic mass is 10.2. The Bertz CT molecular complexity index is 378. The molecule has 1 amide bonds. The number of amides is 1. The first kappa shape index (κ1) is 14.2. The minimum Gasteiger partial charge on any atom is -0.467 e. The third-order valence-electron chi connectivity index (χ3n) is 2.21. The van der Waals surface area contributed by atoms with E-state index in [0.29, 0.717) is 13.1 Å². The Hall–Kier alpha value is -1.86. The van der Waals surface area contributed by atoms with Crippen LogP contribution in [-0.4, -0.2) is 44.7 Å². The van der Waals surface area contributed by atoms with E-state index in [1.807, 2.05) is 0 Å². The lowest BCUT2D eigenvalue weighted by Gasteiger charge is -2.16. The van der Waals surface area contributed by atoms with Crippen molar-refractivity contribution in [3.05, 3.63) is 24.2 Å². The Kier molecular flexibility index (Phi) is 5.89. The van der Waals surface area contributed by atoms with Gasteiger partial charge in [0.2, 0.25) is 0 Å². The highest BCUT2D eigenvalue weighted by atomic mass is 16.5. The summed E-state index contributed by atoms with van der Waals surface area (Å²) in [5.41, 5.74) is 5.32. The Balaban J connectivity index is 2.55. The van der Waals surface area contributed by atoms with E-state index in [1.165, 1.54) is 19.4 Å². The molecule has 0 radical (unpaired) electrons. The first-order valence-electron chi connectivity index (χ1n) is 5.52. The fourth-order valence-electron chi connectivity index (χ4n) is 1.32. The lowest BCUT2D eigenvalue weighted by molar-refractivity contribution is -0.142. The van der Waals surface area contributed by atoms with Gasteiger partial charge >= 0.3 is 5.97 Å². The summed E-state index contributed by atoms with van der Waals surface area (Å²) in [6.45, 7) is 1.24. The minimum absolute atomic E-state index is 0.141. The van der Waals surface area contributed by atoms with Gasteiger partial charge in [-0.3, -0.25) is 4.79 Å². The summed E-state index contributed by atoms with van der Waals surface area (Å²) in [5, 5.41) is 5.45. The molecule has 0 aliphatic heterocycles. The van der Waals surface area contributed by atoms with Gasteiger partial charge in [0.1, 0.15) is 6.04 Å². The van der Waals surface area contributed by atoms with Gasteiger partial charge in [-0.15, -0.1) is 0 Å². The molecule has 1 aromatic heterocycles. The maximum atomic E-state index is 11.7. The topological polar surface area (TPSA) is 107 Å². The fraction of sp³-hybridized carbons (Fsp3) is 0.455. The van der Waals surface area contributed by atoms with Crippen LogP contribution in [0.15, 0.2) is 22.8 Å². The van der Waals surface area contributed by atoms with Gasteiger partial charge in [-0.1, -0.05) is 0 Å². The summed E-state index contributed by atoms with van der Waals surface area (Å²) in [6.07, 6.45) is 1.38. The van der Waals surface area contributed by atoms with E-state index in [0.717, 1.165) is 0 Å². The van der Waals surface area contributed by atoms with Gasteiger partial charge in [0.25, 0.3) is 5.91 Å². The molecular weight excluding hydrogens is 238 g/mol. The van der Waals surface area contributed by atoms with Crippen molar-refractivity contribution in [2.45, 2.75) is 6.04 Å². The van der Waals surface area contributed by atoms with Crippen LogP contribution in [0, 0.1) is 0 Å². The zero-order valence-electron chi connectivity index (χ0n) is 10.1. The van der Waals surface area contributed by atoms with Crippen molar-refractivity contribution in [3.63, 3.8) is 0 Å². The zero-order chi connectivity index (χ0) is 13.4. The van der Waals surface area contributed by atoms with Crippen molar-refractivity contribution in [2.75, 3.05) is 26.7 Å². The van der Waals surface area contributed by atoms with Crippen LogP contribution in [0.2, 0.25) is 0 Å². The van der Waals surface area contributed by atoms with Crippen molar-refractivity contribution in [2.24, 2.45) is 5.73 Å². The summed E-state index contributed by atoms with van der Waals surface area (Å²) in [5.74, 6) is -0.855. The standard InChI is InChI=1S/C11H17N3O4/c1-17-11(16)8(7-13-5-4-12)14-10(15)9-3-2-6-18-9/h2-3,6,8,13H,4-5,7,12H2,1H3,(H,14,15). The summed E-state index contributed by atoms with van der Waals surface area (Å²) in [4.78, 5) is 23.2. The first-order valence-corrected chi connectivity index (χ1v) is 5.52. The van der Waals surface area contributed by atoms with Crippen molar-refractivity contribution < 1.29 is 18.7 Å². The largest absolute Gasteiger partial charge is 0.467 e. The van der Waals surface area contributed by atoms with E-state index in [-0.39, 0.29) is 12.3 Å². The molecule has 1 atom stereocenters. The van der Waals surface area contributed by atoms with Crippen molar-refractivity contribution >= 4 is 11.9 Å². The molecule has 100 valence electrons. The molecule has 1 rings (SSSR count). The third-order valence-corrected chi connectivity index (χ3v) is 2.21. The molecule has 1 unspecified atom stereocenters. The number of esters is 1. The highest BCUT2D eigenvalue weighted by Gasteiger charge is 2.22. The van der Waals surface area contributed by atoms with Crippen molar-refractivity contribution in [1.29, 1.82) is 0 Å². The molecule has 0 aromatic carbocycles. The molecule has 18 heavy (non-hydrogen) atoms. The molecular formula is C11H17N3O4. The minimum atomic E-state index is -0.779. The number of nitrogens with two attached hydrogens (primary N) is 1. The number of hydrogen-bond acceptors (Lipinski definition) is 6. The van der Waals surface area contributed by atoms with Crippen molar-refractivity contribution in [3.8, 4) is 0 Å². The molecule has 0 bridgehead atoms. The Morgan fingerprint density at radius 3 is 2.89 bits per heavy atom. The second-order valence-corrected chi connectivity index (χ2v) is 3.52. The normalized spacial score (nSPS) is 11.9. The van der Waals surface area contributed by atoms with Crippen LogP contribution in [0.25, 0.3) is 0 Å². The molecule has 0 aliphatic rings. The number of carbonyl (C=O) groups excluding carboxylic acids is 2. The summed E-state index contributed by atoms with van der Waals surface area (Å²) in [7, 11) is 1.26. The smallest absolute Gasteiger partial charge is 0.329 e. The van der Waals surface area contributed by atoms with Crippen LogP contribution in [0.4, 0.5) is 0 Å². The van der Waals surface area contributed by atoms with Crippen LogP contribution in [0.3, 0.4) is 0 Å². The molecule has 4 N–H and O–H groups in total. The monoisotopic (exact) mass is 255 g/mol. The molecule has 0 saturated carbocycles. The lowest BCUT2D eigenvalue weighted by Crippen LogP contribution is -2.48. The van der Waals surface area contributed by atoms with Gasteiger partial charge in [-0.25, -0.2) is 4.79 Å². The molecule has 1 heterocycles. The van der Waals surface area contributed by atoms with Crippen molar-refractivity contribution in [1.82, 2.24) is 10.6 Å². The van der Waals surface area contributed by atoms with E-state index < -0.39 is 17.9 Å². The van der Waals surface area contributed by atoms with Gasteiger partial charge < -0.3 is 25.5 Å². The number of rotatable bonds is 7. The third kappa shape index (κ3) is 4.19. The number of methoxy groups -OCH3 is 1. The van der Waals surface area contributed by atoms with E-state index in [2.05, 4.69) is 15.4 Å². The molecule has 0 aliphatic carbocycles. The SMILES string of the molecule is COC(=O)C(CNCCN)NC(=O)c1ccco1. The van der Waals surface area contributed by atoms with E-state index in [1.54, 1.807) is 6.07 Å². The van der Waals surface area contributed by atoms with Crippen LogP contribution in [-0.2, 0) is 9.53 Å². The molecule has 0 saturated heterocycles. The summed E-state index contributed by atoms with van der Waals surface area (Å²) >= 11 is 0. The highest BCUT2D eigenvalue weighted by Crippen LogP contribution is 2.00. The number of carbonyl (C=O) groups is 2.